The van der Waals surface area contributed by atoms with Crippen LogP contribution in [0.25, 0.3) is 0 Å². The molecule has 0 saturated carbocycles. The van der Waals surface area contributed by atoms with Gasteiger partial charge in [-0.3, -0.25) is 0 Å². The first kappa shape index (κ1) is 19.0. The first-order valence-corrected chi connectivity index (χ1v) is 7.09. The summed E-state index contributed by atoms with van der Waals surface area (Å²) in [5.74, 6) is 0. The molecule has 0 aliphatic carbocycles. The fraction of sp³-hybridized carbons (Fsp3) is 1.00. The van der Waals surface area contributed by atoms with Crippen molar-refractivity contribution in [3.8, 4) is 0 Å². The minimum absolute atomic E-state index is 0. The van der Waals surface area contributed by atoms with E-state index >= 15 is 0 Å². The molecule has 0 saturated heterocycles. The molecule has 2 heteroatoms. The van der Waals surface area contributed by atoms with Crippen molar-refractivity contribution in [2.75, 3.05) is 26.2 Å². The lowest BCUT2D eigenvalue weighted by molar-refractivity contribution is -0.928. The van der Waals surface area contributed by atoms with Crippen LogP contribution < -0.4 is 24.0 Å². The molecule has 0 spiro atoms. The van der Waals surface area contributed by atoms with Gasteiger partial charge in [-0.15, -0.1) is 0 Å². The summed E-state index contributed by atoms with van der Waals surface area (Å²) in [6, 6.07) is 0. The molecule has 0 N–H and O–H groups in total. The highest BCUT2D eigenvalue weighted by atomic mass is 127. The van der Waals surface area contributed by atoms with Crippen molar-refractivity contribution in [3.05, 3.63) is 0 Å². The predicted molar refractivity (Wildman–Crippen MR) is 70.1 cm³/mol. The van der Waals surface area contributed by atoms with Crippen LogP contribution in [0.1, 0.15) is 66.2 Å². The topological polar surface area (TPSA) is 0 Å². The summed E-state index contributed by atoms with van der Waals surface area (Å²) in [5, 5.41) is 0. The number of unbranched alkanes of at least 4 members (excludes halogenated alkanes) is 2. The maximum atomic E-state index is 2.33. The van der Waals surface area contributed by atoms with E-state index in [-0.39, 0.29) is 24.0 Å². The molecule has 0 unspecified atom stereocenters. The third kappa shape index (κ3) is 7.88. The number of halogens is 1. The Morgan fingerprint density at radius 1 is 0.562 bits per heavy atom. The van der Waals surface area contributed by atoms with Crippen molar-refractivity contribution in [3.63, 3.8) is 0 Å². The van der Waals surface area contributed by atoms with Crippen molar-refractivity contribution in [1.82, 2.24) is 0 Å². The molecular weight excluding hydrogens is 309 g/mol. The molecule has 0 aromatic heterocycles. The Bertz CT molecular complexity index is 120. The zero-order valence-electron chi connectivity index (χ0n) is 11.9. The molecule has 0 fully saturated rings. The molecule has 0 aromatic rings. The number of hydrogen-bond donors (Lipinski definition) is 0. The van der Waals surface area contributed by atoms with Crippen LogP contribution in [0.5, 0.6) is 0 Å². The molecule has 0 aliphatic rings. The zero-order chi connectivity index (χ0) is 11.6. The smallest absolute Gasteiger partial charge is 0.0786 e. The van der Waals surface area contributed by atoms with Gasteiger partial charge in [0.25, 0.3) is 0 Å². The molecule has 0 heterocycles. The lowest BCUT2D eigenvalue weighted by atomic mass is 10.1. The van der Waals surface area contributed by atoms with Gasteiger partial charge < -0.3 is 28.5 Å². The molecule has 0 rings (SSSR count). The normalized spacial score (nSPS) is 11.2. The zero-order valence-corrected chi connectivity index (χ0v) is 14.1. The van der Waals surface area contributed by atoms with Gasteiger partial charge in [-0.1, -0.05) is 34.1 Å². The lowest BCUT2D eigenvalue weighted by Gasteiger charge is -2.38. The minimum Gasteiger partial charge on any atom is -1.00 e. The highest BCUT2D eigenvalue weighted by Gasteiger charge is 2.23. The van der Waals surface area contributed by atoms with E-state index in [9.17, 15) is 0 Å². The average Bonchev–Trinajstić information content (AvgIpc) is 2.19. The van der Waals surface area contributed by atoms with Crippen molar-refractivity contribution in [2.24, 2.45) is 0 Å². The standard InChI is InChI=1S/C14H32N.HI/c1-5-9-10-14-15(11-6-2,12-7-3)13-8-4;/h5-14H2,1-4H3;1H/q+1;/p-1. The molecule has 0 atom stereocenters. The molecule has 0 aromatic carbocycles. The SMILES string of the molecule is CCCCC[N+](CCC)(CCC)CCC.[I-]. The molecule has 1 nitrogen and oxygen atoms in total. The van der Waals surface area contributed by atoms with E-state index in [1.807, 2.05) is 0 Å². The number of quaternary nitrogens is 1. The number of rotatable bonds is 10. The van der Waals surface area contributed by atoms with E-state index in [0.29, 0.717) is 0 Å². The molecule has 0 amide bonds. The quantitative estimate of drug-likeness (QED) is 0.319. The summed E-state index contributed by atoms with van der Waals surface area (Å²) in [6.07, 6.45) is 8.21. The highest BCUT2D eigenvalue weighted by molar-refractivity contribution is 4.46. The van der Waals surface area contributed by atoms with Gasteiger partial charge in [0.15, 0.2) is 0 Å². The van der Waals surface area contributed by atoms with Gasteiger partial charge in [0.1, 0.15) is 0 Å². The largest absolute Gasteiger partial charge is 1.00 e. The van der Waals surface area contributed by atoms with Crippen molar-refractivity contribution in [1.29, 1.82) is 0 Å². The first-order valence-electron chi connectivity index (χ1n) is 7.09. The van der Waals surface area contributed by atoms with Gasteiger partial charge in [-0.25, -0.2) is 0 Å². The van der Waals surface area contributed by atoms with Crippen LogP contribution in [0, 0.1) is 0 Å². The summed E-state index contributed by atoms with van der Waals surface area (Å²) in [7, 11) is 0. The predicted octanol–water partition coefficient (Wildman–Crippen LogP) is 1.23. The van der Waals surface area contributed by atoms with E-state index in [1.165, 1.54) is 69.2 Å². The van der Waals surface area contributed by atoms with E-state index in [2.05, 4.69) is 27.7 Å². The van der Waals surface area contributed by atoms with Crippen LogP contribution in [0.15, 0.2) is 0 Å². The maximum absolute atomic E-state index is 2.33. The average molecular weight is 341 g/mol. The Morgan fingerprint density at radius 2 is 1.00 bits per heavy atom. The summed E-state index contributed by atoms with van der Waals surface area (Å²) in [5.41, 5.74) is 0. The monoisotopic (exact) mass is 341 g/mol. The van der Waals surface area contributed by atoms with Gasteiger partial charge in [0.2, 0.25) is 0 Å². The van der Waals surface area contributed by atoms with Gasteiger partial charge in [0, 0.05) is 0 Å². The minimum atomic E-state index is 0. The Balaban J connectivity index is 0. The van der Waals surface area contributed by atoms with Crippen molar-refractivity contribution in [2.45, 2.75) is 66.2 Å². The van der Waals surface area contributed by atoms with Gasteiger partial charge in [-0.2, -0.15) is 0 Å². The van der Waals surface area contributed by atoms with Crippen LogP contribution in [-0.2, 0) is 0 Å². The molecule has 0 aliphatic heterocycles. The Morgan fingerprint density at radius 3 is 1.31 bits per heavy atom. The lowest BCUT2D eigenvalue weighted by Crippen LogP contribution is -3.00. The summed E-state index contributed by atoms with van der Waals surface area (Å²) in [6.45, 7) is 14.9. The molecular formula is C14H32IN. The van der Waals surface area contributed by atoms with E-state index in [1.54, 1.807) is 0 Å². The molecule has 16 heavy (non-hydrogen) atoms. The molecule has 0 radical (unpaired) electrons. The van der Waals surface area contributed by atoms with Crippen LogP contribution in [0.2, 0.25) is 0 Å². The van der Waals surface area contributed by atoms with E-state index < -0.39 is 0 Å². The highest BCUT2D eigenvalue weighted by Crippen LogP contribution is 2.14. The second-order valence-electron chi connectivity index (χ2n) is 4.94. The van der Waals surface area contributed by atoms with Crippen molar-refractivity contribution >= 4 is 0 Å². The number of hydrogen-bond acceptors (Lipinski definition) is 0. The Hall–Kier alpha value is 0.690. The Kier molecular flexibility index (Phi) is 14.5. The van der Waals surface area contributed by atoms with Crippen LogP contribution in [0.3, 0.4) is 0 Å². The molecule has 0 bridgehead atoms. The summed E-state index contributed by atoms with van der Waals surface area (Å²) < 4.78 is 1.39. The molecule has 100 valence electrons. The van der Waals surface area contributed by atoms with Crippen LogP contribution >= 0.6 is 0 Å². The third-order valence-corrected chi connectivity index (χ3v) is 3.33. The van der Waals surface area contributed by atoms with Gasteiger partial charge >= 0.3 is 0 Å². The van der Waals surface area contributed by atoms with Crippen molar-refractivity contribution < 1.29 is 28.5 Å². The summed E-state index contributed by atoms with van der Waals surface area (Å²) in [4.78, 5) is 0. The van der Waals surface area contributed by atoms with Crippen LogP contribution in [-0.4, -0.2) is 30.7 Å². The van der Waals surface area contributed by atoms with E-state index in [4.69, 9.17) is 0 Å². The maximum Gasteiger partial charge on any atom is 0.0786 e. The second kappa shape index (κ2) is 12.2. The van der Waals surface area contributed by atoms with E-state index in [0.717, 1.165) is 0 Å². The fourth-order valence-electron chi connectivity index (χ4n) is 2.79. The third-order valence-electron chi connectivity index (χ3n) is 3.33. The van der Waals surface area contributed by atoms with Gasteiger partial charge in [-0.05, 0) is 32.1 Å². The number of nitrogens with zero attached hydrogens (tertiary/aromatic N) is 1. The van der Waals surface area contributed by atoms with Crippen LogP contribution in [0.4, 0.5) is 0 Å². The first-order chi connectivity index (χ1) is 7.24. The fourth-order valence-corrected chi connectivity index (χ4v) is 2.79. The van der Waals surface area contributed by atoms with Gasteiger partial charge in [0.05, 0.1) is 26.2 Å². The Labute approximate surface area is 121 Å². The second-order valence-corrected chi connectivity index (χ2v) is 4.94. The summed E-state index contributed by atoms with van der Waals surface area (Å²) >= 11 is 0.